The van der Waals surface area contributed by atoms with Crippen molar-refractivity contribution in [2.45, 2.75) is 50.1 Å². The lowest BCUT2D eigenvalue weighted by Crippen LogP contribution is -2.45. The number of nitrogens with zero attached hydrogens (tertiary/aromatic N) is 2. The lowest BCUT2D eigenvalue weighted by atomic mass is 9.77. The number of amides is 2. The zero-order valence-corrected chi connectivity index (χ0v) is 25.1. The van der Waals surface area contributed by atoms with Gasteiger partial charge in [-0.3, -0.25) is 4.79 Å². The monoisotopic (exact) mass is 593 g/mol. The van der Waals surface area contributed by atoms with E-state index in [1.807, 2.05) is 29.2 Å². The molecule has 40 heavy (non-hydrogen) atoms. The predicted molar refractivity (Wildman–Crippen MR) is 155 cm³/mol. The van der Waals surface area contributed by atoms with E-state index >= 15 is 0 Å². The van der Waals surface area contributed by atoms with Crippen LogP contribution >= 0.6 is 12.4 Å². The largest absolute Gasteiger partial charge is 0.497 e. The van der Waals surface area contributed by atoms with Crippen LogP contribution in [-0.4, -0.2) is 76.4 Å². The van der Waals surface area contributed by atoms with Crippen molar-refractivity contribution in [2.24, 2.45) is 5.41 Å². The molecule has 0 bridgehead atoms. The highest BCUT2D eigenvalue weighted by Crippen LogP contribution is 2.42. The van der Waals surface area contributed by atoms with Gasteiger partial charge >= 0.3 is 6.09 Å². The van der Waals surface area contributed by atoms with Crippen LogP contribution in [0.5, 0.6) is 5.75 Å². The van der Waals surface area contributed by atoms with Crippen molar-refractivity contribution >= 4 is 34.2 Å². The molecule has 2 aromatic carbocycles. The summed E-state index contributed by atoms with van der Waals surface area (Å²) in [5.74, 6) is 0.964. The molecule has 1 unspecified atom stereocenters. The van der Waals surface area contributed by atoms with E-state index in [2.05, 4.69) is 10.2 Å². The van der Waals surface area contributed by atoms with Crippen LogP contribution in [0.4, 0.5) is 4.79 Å². The van der Waals surface area contributed by atoms with Crippen molar-refractivity contribution in [3.8, 4) is 5.75 Å². The SMILES string of the molecule is CCOC(=O)NC(CCN1CCC2(CC1)CCN(Cc1ccc(S(C)(=O)=O)cc1)C2=O)c1ccc(OC)cc1.Cl. The van der Waals surface area contributed by atoms with E-state index in [4.69, 9.17) is 9.47 Å². The number of ether oxygens (including phenoxy) is 2. The highest BCUT2D eigenvalue weighted by molar-refractivity contribution is 7.90. The summed E-state index contributed by atoms with van der Waals surface area (Å²) in [4.78, 5) is 30.2. The van der Waals surface area contributed by atoms with E-state index in [1.165, 1.54) is 6.26 Å². The quantitative estimate of drug-likeness (QED) is 0.440. The number of likely N-dealkylation sites (tertiary alicyclic amines) is 2. The zero-order valence-electron chi connectivity index (χ0n) is 23.4. The van der Waals surface area contributed by atoms with Gasteiger partial charge < -0.3 is 24.6 Å². The fourth-order valence-corrected chi connectivity index (χ4v) is 6.19. The Morgan fingerprint density at radius 3 is 2.23 bits per heavy atom. The molecule has 220 valence electrons. The van der Waals surface area contributed by atoms with Gasteiger partial charge in [-0.15, -0.1) is 12.4 Å². The van der Waals surface area contributed by atoms with Gasteiger partial charge in [-0.2, -0.15) is 0 Å². The van der Waals surface area contributed by atoms with E-state index < -0.39 is 15.9 Å². The molecule has 4 rings (SSSR count). The molecule has 0 aromatic heterocycles. The summed E-state index contributed by atoms with van der Waals surface area (Å²) in [6.45, 7) is 5.77. The maximum Gasteiger partial charge on any atom is 0.407 e. The average molecular weight is 594 g/mol. The smallest absolute Gasteiger partial charge is 0.407 e. The van der Waals surface area contributed by atoms with Crippen LogP contribution in [0.2, 0.25) is 0 Å². The van der Waals surface area contributed by atoms with Crippen molar-refractivity contribution in [3.05, 3.63) is 59.7 Å². The summed E-state index contributed by atoms with van der Waals surface area (Å²) >= 11 is 0. The Kier molecular flexibility index (Phi) is 10.9. The molecule has 2 aliphatic rings. The maximum atomic E-state index is 13.4. The molecule has 9 nitrogen and oxygen atoms in total. The van der Waals surface area contributed by atoms with Crippen LogP contribution in [0.3, 0.4) is 0 Å². The normalized spacial score (nSPS) is 17.8. The second-order valence-electron chi connectivity index (χ2n) is 10.5. The highest BCUT2D eigenvalue weighted by Gasteiger charge is 2.47. The summed E-state index contributed by atoms with van der Waals surface area (Å²) in [6.07, 6.45) is 3.96. The lowest BCUT2D eigenvalue weighted by molar-refractivity contribution is -0.138. The second kappa shape index (κ2) is 13.7. The first-order valence-corrected chi connectivity index (χ1v) is 15.4. The molecule has 2 amide bonds. The molecule has 1 N–H and O–H groups in total. The molecule has 2 heterocycles. The van der Waals surface area contributed by atoms with E-state index in [9.17, 15) is 18.0 Å². The Bertz CT molecular complexity index is 1250. The third-order valence-corrected chi connectivity index (χ3v) is 9.09. The van der Waals surface area contributed by atoms with E-state index in [1.54, 1.807) is 38.3 Å². The van der Waals surface area contributed by atoms with Crippen molar-refractivity contribution in [2.75, 3.05) is 46.2 Å². The minimum atomic E-state index is -3.24. The summed E-state index contributed by atoms with van der Waals surface area (Å²) in [5.41, 5.74) is 1.61. The topological polar surface area (TPSA) is 105 Å². The Hall–Kier alpha value is -2.82. The van der Waals surface area contributed by atoms with Crippen LogP contribution in [0.1, 0.15) is 49.8 Å². The first-order valence-electron chi connectivity index (χ1n) is 13.5. The summed E-state index contributed by atoms with van der Waals surface area (Å²) in [5, 5.41) is 2.98. The second-order valence-corrected chi connectivity index (χ2v) is 12.5. The van der Waals surface area contributed by atoms with E-state index in [0.717, 1.165) is 68.7 Å². The minimum absolute atomic E-state index is 0. The van der Waals surface area contributed by atoms with Gasteiger partial charge in [-0.1, -0.05) is 24.3 Å². The van der Waals surface area contributed by atoms with Gasteiger partial charge in [0.05, 0.1) is 30.1 Å². The van der Waals surface area contributed by atoms with Gasteiger partial charge in [0.1, 0.15) is 5.75 Å². The molecule has 0 radical (unpaired) electrons. The van der Waals surface area contributed by atoms with Crippen molar-refractivity contribution in [3.63, 3.8) is 0 Å². The van der Waals surface area contributed by atoms with Gasteiger partial charge in [0, 0.05) is 25.9 Å². The van der Waals surface area contributed by atoms with Crippen LogP contribution in [-0.2, 0) is 25.9 Å². The number of carbonyl (C=O) groups excluding carboxylic acids is 2. The number of hydrogen-bond donors (Lipinski definition) is 1. The van der Waals surface area contributed by atoms with Crippen LogP contribution in [0.15, 0.2) is 53.4 Å². The average Bonchev–Trinajstić information content (AvgIpc) is 3.21. The number of hydrogen-bond acceptors (Lipinski definition) is 7. The van der Waals surface area contributed by atoms with Crippen LogP contribution in [0.25, 0.3) is 0 Å². The van der Waals surface area contributed by atoms with Crippen molar-refractivity contribution < 1.29 is 27.5 Å². The number of alkyl carbamates (subject to hydrolysis) is 1. The molecule has 0 aliphatic carbocycles. The maximum absolute atomic E-state index is 13.4. The number of sulfone groups is 1. The Morgan fingerprint density at radius 1 is 1.02 bits per heavy atom. The number of halogens is 1. The highest BCUT2D eigenvalue weighted by atomic mass is 35.5. The van der Waals surface area contributed by atoms with E-state index in [-0.39, 0.29) is 34.7 Å². The van der Waals surface area contributed by atoms with Crippen LogP contribution < -0.4 is 10.1 Å². The molecule has 1 spiro atoms. The Balaban J connectivity index is 0.00000441. The molecule has 0 saturated carbocycles. The number of benzene rings is 2. The molecule has 2 saturated heterocycles. The van der Waals surface area contributed by atoms with Gasteiger partial charge in [0.15, 0.2) is 9.84 Å². The number of rotatable bonds is 10. The fraction of sp³-hybridized carbons (Fsp3) is 0.517. The van der Waals surface area contributed by atoms with Crippen LogP contribution in [0, 0.1) is 5.41 Å². The number of methoxy groups -OCH3 is 1. The van der Waals surface area contributed by atoms with Gasteiger partial charge in [0.2, 0.25) is 5.91 Å². The molecular weight excluding hydrogens is 554 g/mol. The number of piperidine rings is 1. The van der Waals surface area contributed by atoms with Gasteiger partial charge in [-0.05, 0) is 81.1 Å². The molecule has 2 fully saturated rings. The first-order chi connectivity index (χ1) is 18.6. The van der Waals surface area contributed by atoms with Crippen molar-refractivity contribution in [1.82, 2.24) is 15.1 Å². The third kappa shape index (κ3) is 7.67. The predicted octanol–water partition coefficient (Wildman–Crippen LogP) is 4.21. The summed E-state index contributed by atoms with van der Waals surface area (Å²) in [7, 11) is -1.62. The lowest BCUT2D eigenvalue weighted by Gasteiger charge is -2.38. The zero-order chi connectivity index (χ0) is 28.0. The summed E-state index contributed by atoms with van der Waals surface area (Å²) in [6, 6.07) is 14.3. The molecule has 1 atom stereocenters. The molecular formula is C29H40ClN3O6S. The Labute approximate surface area is 243 Å². The van der Waals surface area contributed by atoms with Gasteiger partial charge in [0.25, 0.3) is 0 Å². The van der Waals surface area contributed by atoms with Gasteiger partial charge in [-0.25, -0.2) is 13.2 Å². The number of carbonyl (C=O) groups is 2. The summed E-state index contributed by atoms with van der Waals surface area (Å²) < 4.78 is 33.8. The van der Waals surface area contributed by atoms with E-state index in [0.29, 0.717) is 13.2 Å². The van der Waals surface area contributed by atoms with Crippen molar-refractivity contribution in [1.29, 1.82) is 0 Å². The number of nitrogens with one attached hydrogen (secondary N) is 1. The first kappa shape index (κ1) is 31.7. The fourth-order valence-electron chi connectivity index (χ4n) is 5.56. The molecule has 2 aromatic rings. The Morgan fingerprint density at radius 2 is 1.65 bits per heavy atom. The third-order valence-electron chi connectivity index (χ3n) is 7.96. The minimum Gasteiger partial charge on any atom is -0.497 e. The molecule has 2 aliphatic heterocycles. The molecule has 11 heteroatoms. The standard InChI is InChI=1S/C29H39N3O6S.ClH/c1-4-38-28(34)30-26(23-7-9-24(37-2)10-8-23)13-17-31-18-14-29(15-19-31)16-20-32(27(29)33)21-22-5-11-25(12-6-22)39(3,35)36;/h5-12,26H,4,13-21H2,1-3H3,(H,30,34);1H.